The molecule has 3 nitrogen and oxygen atoms in total. The molecule has 3 aromatic rings. The summed E-state index contributed by atoms with van der Waals surface area (Å²) in [6.45, 7) is 0. The summed E-state index contributed by atoms with van der Waals surface area (Å²) in [4.78, 5) is 4.46. The number of aromatic nitrogens is 2. The molecule has 2 aromatic carbocycles. The minimum atomic E-state index is 0.343. The first-order chi connectivity index (χ1) is 10.8. The molecule has 0 spiro atoms. The van der Waals surface area contributed by atoms with Gasteiger partial charge in [0.25, 0.3) is 0 Å². The summed E-state index contributed by atoms with van der Waals surface area (Å²) in [6.07, 6.45) is 1.82. The Bertz CT molecular complexity index is 821. The second-order valence-corrected chi connectivity index (χ2v) is 5.88. The fraction of sp³-hybridized carbons (Fsp3) is 0.0588. The standard InChI is InChI=1S/C17H12ClN3S/c18-14-8-4-5-9-15(14)21-16(13-6-2-1-3-7-13)12-20-17(21)22-11-10-19/h1-9,12H,11H2. The highest BCUT2D eigenvalue weighted by Gasteiger charge is 2.15. The van der Waals surface area contributed by atoms with Crippen LogP contribution in [-0.2, 0) is 0 Å². The molecule has 108 valence electrons. The zero-order chi connectivity index (χ0) is 15.4. The third-order valence-electron chi connectivity index (χ3n) is 3.16. The van der Waals surface area contributed by atoms with Gasteiger partial charge in [-0.3, -0.25) is 4.57 Å². The molecular weight excluding hydrogens is 314 g/mol. The molecule has 0 radical (unpaired) electrons. The molecule has 0 aliphatic rings. The van der Waals surface area contributed by atoms with E-state index in [-0.39, 0.29) is 0 Å². The Kier molecular flexibility index (Phi) is 4.47. The van der Waals surface area contributed by atoms with Crippen molar-refractivity contribution in [1.29, 1.82) is 5.26 Å². The molecule has 0 fully saturated rings. The molecule has 0 amide bonds. The average Bonchev–Trinajstić information content (AvgIpc) is 2.98. The van der Waals surface area contributed by atoms with Gasteiger partial charge in [-0.2, -0.15) is 5.26 Å². The lowest BCUT2D eigenvalue weighted by Gasteiger charge is -2.13. The Morgan fingerprint density at radius 3 is 2.55 bits per heavy atom. The third-order valence-corrected chi connectivity index (χ3v) is 4.30. The van der Waals surface area contributed by atoms with Gasteiger partial charge in [0, 0.05) is 5.56 Å². The van der Waals surface area contributed by atoms with Crippen LogP contribution in [0, 0.1) is 11.3 Å². The number of hydrogen-bond acceptors (Lipinski definition) is 3. The van der Waals surface area contributed by atoms with E-state index in [1.165, 1.54) is 11.8 Å². The molecule has 0 unspecified atom stereocenters. The van der Waals surface area contributed by atoms with E-state index < -0.39 is 0 Å². The first-order valence-electron chi connectivity index (χ1n) is 6.69. The van der Waals surface area contributed by atoms with Crippen molar-refractivity contribution in [3.8, 4) is 23.0 Å². The number of nitriles is 1. The lowest BCUT2D eigenvalue weighted by molar-refractivity contribution is 0.902. The highest BCUT2D eigenvalue weighted by Crippen LogP contribution is 2.32. The lowest BCUT2D eigenvalue weighted by Crippen LogP contribution is -2.00. The van der Waals surface area contributed by atoms with Gasteiger partial charge in [0.15, 0.2) is 5.16 Å². The number of nitrogens with zero attached hydrogens (tertiary/aromatic N) is 3. The van der Waals surface area contributed by atoms with Crippen LogP contribution in [0.5, 0.6) is 0 Å². The summed E-state index contributed by atoms with van der Waals surface area (Å²) in [5.74, 6) is 0.343. The molecule has 22 heavy (non-hydrogen) atoms. The van der Waals surface area contributed by atoms with Gasteiger partial charge in [-0.1, -0.05) is 65.8 Å². The van der Waals surface area contributed by atoms with Crippen LogP contribution >= 0.6 is 23.4 Å². The number of imidazole rings is 1. The maximum absolute atomic E-state index is 8.83. The van der Waals surface area contributed by atoms with Crippen molar-refractivity contribution in [1.82, 2.24) is 9.55 Å². The van der Waals surface area contributed by atoms with Crippen LogP contribution in [0.1, 0.15) is 0 Å². The van der Waals surface area contributed by atoms with Crippen molar-refractivity contribution in [3.63, 3.8) is 0 Å². The zero-order valence-corrected chi connectivity index (χ0v) is 13.2. The van der Waals surface area contributed by atoms with Gasteiger partial charge < -0.3 is 0 Å². The number of para-hydroxylation sites is 1. The molecule has 5 heteroatoms. The van der Waals surface area contributed by atoms with E-state index in [2.05, 4.69) is 11.1 Å². The summed E-state index contributed by atoms with van der Waals surface area (Å²) in [7, 11) is 0. The molecular formula is C17H12ClN3S. The smallest absolute Gasteiger partial charge is 0.174 e. The summed E-state index contributed by atoms with van der Waals surface area (Å²) >= 11 is 7.76. The Morgan fingerprint density at radius 1 is 1.09 bits per heavy atom. The molecule has 1 heterocycles. The predicted molar refractivity (Wildman–Crippen MR) is 90.3 cm³/mol. The number of benzene rings is 2. The van der Waals surface area contributed by atoms with Crippen LogP contribution in [0.25, 0.3) is 16.9 Å². The van der Waals surface area contributed by atoms with Crippen molar-refractivity contribution in [2.24, 2.45) is 0 Å². The molecule has 3 rings (SSSR count). The average molecular weight is 326 g/mol. The van der Waals surface area contributed by atoms with Crippen LogP contribution in [0.2, 0.25) is 5.02 Å². The molecule has 0 aliphatic heterocycles. The second kappa shape index (κ2) is 6.69. The molecule has 0 saturated carbocycles. The molecule has 0 N–H and O–H groups in total. The summed E-state index contributed by atoms with van der Waals surface area (Å²) in [6, 6.07) is 19.8. The van der Waals surface area contributed by atoms with Gasteiger partial charge in [-0.15, -0.1) is 0 Å². The number of halogens is 1. The fourth-order valence-electron chi connectivity index (χ4n) is 2.21. The number of hydrogen-bond donors (Lipinski definition) is 0. The topological polar surface area (TPSA) is 41.6 Å². The van der Waals surface area contributed by atoms with E-state index >= 15 is 0 Å². The van der Waals surface area contributed by atoms with Crippen LogP contribution in [-0.4, -0.2) is 15.3 Å². The Hall–Kier alpha value is -2.22. The molecule has 0 atom stereocenters. The van der Waals surface area contributed by atoms with Crippen molar-refractivity contribution in [3.05, 3.63) is 65.8 Å². The van der Waals surface area contributed by atoms with E-state index in [0.717, 1.165) is 22.1 Å². The minimum absolute atomic E-state index is 0.343. The predicted octanol–water partition coefficient (Wildman–Crippen LogP) is 4.81. The van der Waals surface area contributed by atoms with Crippen molar-refractivity contribution >= 4 is 23.4 Å². The molecule has 0 saturated heterocycles. The fourth-order valence-corrected chi connectivity index (χ4v) is 3.08. The maximum Gasteiger partial charge on any atom is 0.174 e. The van der Waals surface area contributed by atoms with E-state index in [1.54, 1.807) is 0 Å². The van der Waals surface area contributed by atoms with Crippen LogP contribution in [0.15, 0.2) is 66.0 Å². The van der Waals surface area contributed by atoms with Crippen molar-refractivity contribution in [2.75, 3.05) is 5.75 Å². The Balaban J connectivity index is 2.18. The van der Waals surface area contributed by atoms with Gasteiger partial charge >= 0.3 is 0 Å². The molecule has 1 aromatic heterocycles. The zero-order valence-electron chi connectivity index (χ0n) is 11.6. The van der Waals surface area contributed by atoms with E-state index in [4.69, 9.17) is 16.9 Å². The molecule has 0 bridgehead atoms. The lowest BCUT2D eigenvalue weighted by atomic mass is 10.1. The van der Waals surface area contributed by atoms with Gasteiger partial charge in [-0.05, 0) is 12.1 Å². The SMILES string of the molecule is N#CCSc1ncc(-c2ccccc2)n1-c1ccccc1Cl. The largest absolute Gasteiger partial charge is 0.286 e. The summed E-state index contributed by atoms with van der Waals surface area (Å²) in [5, 5.41) is 10.2. The Morgan fingerprint density at radius 2 is 1.82 bits per heavy atom. The second-order valence-electron chi connectivity index (χ2n) is 4.53. The Labute approximate surface area is 138 Å². The first kappa shape index (κ1) is 14.7. The van der Waals surface area contributed by atoms with Gasteiger partial charge in [0.2, 0.25) is 0 Å². The monoisotopic (exact) mass is 325 g/mol. The third kappa shape index (κ3) is 2.87. The first-order valence-corrected chi connectivity index (χ1v) is 8.05. The van der Waals surface area contributed by atoms with E-state index in [0.29, 0.717) is 10.8 Å². The summed E-state index contributed by atoms with van der Waals surface area (Å²) in [5.41, 5.74) is 2.87. The van der Waals surface area contributed by atoms with Crippen LogP contribution < -0.4 is 0 Å². The van der Waals surface area contributed by atoms with Gasteiger partial charge in [0.1, 0.15) is 0 Å². The van der Waals surface area contributed by atoms with Gasteiger partial charge in [-0.25, -0.2) is 4.98 Å². The number of thioether (sulfide) groups is 1. The van der Waals surface area contributed by atoms with E-state index in [1.807, 2.05) is 65.4 Å². The quantitative estimate of drug-likeness (QED) is 0.646. The normalized spacial score (nSPS) is 10.4. The minimum Gasteiger partial charge on any atom is -0.286 e. The van der Waals surface area contributed by atoms with Crippen molar-refractivity contribution in [2.45, 2.75) is 5.16 Å². The van der Waals surface area contributed by atoms with Crippen molar-refractivity contribution < 1.29 is 0 Å². The number of rotatable bonds is 4. The molecule has 0 aliphatic carbocycles. The maximum atomic E-state index is 8.83. The van der Waals surface area contributed by atoms with Gasteiger partial charge in [0.05, 0.1) is 34.4 Å². The van der Waals surface area contributed by atoms with Crippen LogP contribution in [0.3, 0.4) is 0 Å². The highest BCUT2D eigenvalue weighted by atomic mass is 35.5. The van der Waals surface area contributed by atoms with Crippen LogP contribution in [0.4, 0.5) is 0 Å². The summed E-state index contributed by atoms with van der Waals surface area (Å²) < 4.78 is 2.00. The highest BCUT2D eigenvalue weighted by molar-refractivity contribution is 7.99. The van der Waals surface area contributed by atoms with E-state index in [9.17, 15) is 0 Å².